The minimum atomic E-state index is 0.548. The average Bonchev–Trinajstić information content (AvgIpc) is 2.32. The maximum absolute atomic E-state index is 6.34. The Hall–Kier alpha value is -0.730. The number of rotatable bonds is 6. The second kappa shape index (κ2) is 7.01. The van der Waals surface area contributed by atoms with Gasteiger partial charge in [0.2, 0.25) is 0 Å². The lowest BCUT2D eigenvalue weighted by molar-refractivity contribution is 0.333. The summed E-state index contributed by atoms with van der Waals surface area (Å²) in [6.45, 7) is 9.72. The van der Waals surface area contributed by atoms with Crippen LogP contribution in [0.5, 0.6) is 5.75 Å². The summed E-state index contributed by atoms with van der Waals surface area (Å²) in [5, 5.41) is 0.855. The molecule has 0 spiro atoms. The van der Waals surface area contributed by atoms with Crippen molar-refractivity contribution >= 4 is 11.6 Å². The zero-order chi connectivity index (χ0) is 13.7. The van der Waals surface area contributed by atoms with E-state index >= 15 is 0 Å². The molecule has 0 bridgehead atoms. The van der Waals surface area contributed by atoms with Gasteiger partial charge >= 0.3 is 0 Å². The Bertz CT molecular complexity index is 404. The molecule has 0 saturated heterocycles. The van der Waals surface area contributed by atoms with Crippen LogP contribution in [0.3, 0.4) is 0 Å². The zero-order valence-corrected chi connectivity index (χ0v) is 12.6. The highest BCUT2D eigenvalue weighted by Gasteiger charge is 2.15. The third-order valence-corrected chi connectivity index (χ3v) is 3.87. The van der Waals surface area contributed by atoms with Crippen LogP contribution in [-0.4, -0.2) is 13.2 Å². The number of hydrogen-bond acceptors (Lipinski definition) is 2. The third kappa shape index (κ3) is 3.63. The number of nitrogens with two attached hydrogens (primary N) is 1. The maximum Gasteiger partial charge on any atom is 0.123 e. The summed E-state index contributed by atoms with van der Waals surface area (Å²) in [6, 6.07) is 2.04. The normalized spacial score (nSPS) is 12.6. The van der Waals surface area contributed by atoms with E-state index in [9.17, 15) is 0 Å². The van der Waals surface area contributed by atoms with E-state index < -0.39 is 0 Å². The first kappa shape index (κ1) is 15.3. The zero-order valence-electron chi connectivity index (χ0n) is 11.8. The van der Waals surface area contributed by atoms with E-state index in [-0.39, 0.29) is 0 Å². The van der Waals surface area contributed by atoms with E-state index in [0.717, 1.165) is 41.3 Å². The van der Waals surface area contributed by atoms with Crippen molar-refractivity contribution < 1.29 is 4.74 Å². The molecule has 0 radical (unpaired) electrons. The molecule has 0 aliphatic heterocycles. The molecule has 0 aliphatic carbocycles. The van der Waals surface area contributed by atoms with Crippen LogP contribution in [0.25, 0.3) is 0 Å². The van der Waals surface area contributed by atoms with Crippen LogP contribution in [0.2, 0.25) is 5.02 Å². The van der Waals surface area contributed by atoms with Gasteiger partial charge in [-0.1, -0.05) is 18.5 Å². The van der Waals surface area contributed by atoms with Crippen LogP contribution < -0.4 is 10.5 Å². The van der Waals surface area contributed by atoms with Gasteiger partial charge in [0, 0.05) is 5.02 Å². The van der Waals surface area contributed by atoms with Gasteiger partial charge in [0.25, 0.3) is 0 Å². The van der Waals surface area contributed by atoms with Crippen molar-refractivity contribution in [3.05, 3.63) is 27.8 Å². The summed E-state index contributed by atoms with van der Waals surface area (Å²) < 4.78 is 5.74. The van der Waals surface area contributed by atoms with Crippen molar-refractivity contribution in [2.45, 2.75) is 40.5 Å². The molecule has 3 heteroatoms. The van der Waals surface area contributed by atoms with E-state index in [1.165, 1.54) is 5.56 Å². The summed E-state index contributed by atoms with van der Waals surface area (Å²) in [5.41, 5.74) is 9.06. The molecule has 2 N–H and O–H groups in total. The molecule has 0 aromatic heterocycles. The molecular formula is C15H24ClNO. The highest BCUT2D eigenvalue weighted by Crippen LogP contribution is 2.33. The Labute approximate surface area is 115 Å². The topological polar surface area (TPSA) is 35.2 Å². The fourth-order valence-corrected chi connectivity index (χ4v) is 2.40. The lowest BCUT2D eigenvalue weighted by Crippen LogP contribution is -2.10. The molecule has 0 fully saturated rings. The molecule has 0 saturated carbocycles. The minimum Gasteiger partial charge on any atom is -0.494 e. The minimum absolute atomic E-state index is 0.548. The molecule has 0 aliphatic rings. The number of aryl methyl sites for hydroxylation is 1. The highest BCUT2D eigenvalue weighted by molar-refractivity contribution is 6.32. The lowest BCUT2D eigenvalue weighted by Gasteiger charge is -2.19. The van der Waals surface area contributed by atoms with Gasteiger partial charge in [0.15, 0.2) is 0 Å². The molecule has 102 valence electrons. The lowest BCUT2D eigenvalue weighted by atomic mass is 9.93. The summed E-state index contributed by atoms with van der Waals surface area (Å²) in [6.07, 6.45) is 1.99. The van der Waals surface area contributed by atoms with Gasteiger partial charge < -0.3 is 10.5 Å². The van der Waals surface area contributed by atoms with Crippen LogP contribution in [0.1, 0.15) is 37.0 Å². The first-order valence-corrected chi connectivity index (χ1v) is 7.00. The molecule has 0 heterocycles. The van der Waals surface area contributed by atoms with Crippen LogP contribution in [0, 0.1) is 19.8 Å². The molecule has 1 unspecified atom stereocenters. The Morgan fingerprint density at radius 2 is 2.06 bits per heavy atom. The summed E-state index contributed by atoms with van der Waals surface area (Å²) in [5.74, 6) is 1.52. The highest BCUT2D eigenvalue weighted by atomic mass is 35.5. The third-order valence-electron chi connectivity index (χ3n) is 3.29. The first-order valence-electron chi connectivity index (χ1n) is 6.62. The van der Waals surface area contributed by atoms with Gasteiger partial charge in [-0.05, 0) is 68.8 Å². The average molecular weight is 270 g/mol. The fourth-order valence-electron chi connectivity index (χ4n) is 2.23. The van der Waals surface area contributed by atoms with E-state index in [1.807, 2.05) is 19.9 Å². The van der Waals surface area contributed by atoms with Crippen molar-refractivity contribution in [2.24, 2.45) is 11.7 Å². The van der Waals surface area contributed by atoms with Crippen molar-refractivity contribution in [3.63, 3.8) is 0 Å². The number of hydrogen-bond donors (Lipinski definition) is 1. The van der Waals surface area contributed by atoms with Crippen LogP contribution in [-0.2, 0) is 6.42 Å². The summed E-state index contributed by atoms with van der Waals surface area (Å²) in [7, 11) is 0. The summed E-state index contributed by atoms with van der Waals surface area (Å²) in [4.78, 5) is 0. The van der Waals surface area contributed by atoms with Crippen molar-refractivity contribution in [3.8, 4) is 5.75 Å². The van der Waals surface area contributed by atoms with Gasteiger partial charge in [-0.2, -0.15) is 0 Å². The molecule has 1 aromatic carbocycles. The Morgan fingerprint density at radius 3 is 2.61 bits per heavy atom. The molecule has 1 atom stereocenters. The molecular weight excluding hydrogens is 246 g/mol. The van der Waals surface area contributed by atoms with E-state index in [2.05, 4.69) is 13.8 Å². The van der Waals surface area contributed by atoms with Crippen LogP contribution in [0.4, 0.5) is 0 Å². The Morgan fingerprint density at radius 1 is 1.39 bits per heavy atom. The molecule has 2 nitrogen and oxygen atoms in total. The van der Waals surface area contributed by atoms with Crippen LogP contribution >= 0.6 is 11.6 Å². The van der Waals surface area contributed by atoms with Crippen molar-refractivity contribution in [1.29, 1.82) is 0 Å². The van der Waals surface area contributed by atoms with Gasteiger partial charge in [0.1, 0.15) is 5.75 Å². The maximum atomic E-state index is 6.34. The summed E-state index contributed by atoms with van der Waals surface area (Å²) >= 11 is 6.34. The molecule has 1 rings (SSSR count). The number of benzene rings is 1. The second-order valence-electron chi connectivity index (χ2n) is 4.93. The largest absolute Gasteiger partial charge is 0.494 e. The first-order chi connectivity index (χ1) is 8.51. The standard InChI is InChI=1S/C15H24ClNO/c1-5-18-14-9-11(3)15(16)12(4)13(14)8-10(2)6-7-17/h9-10H,5-8,17H2,1-4H3. The molecule has 1 aromatic rings. The smallest absolute Gasteiger partial charge is 0.123 e. The van der Waals surface area contributed by atoms with E-state index in [4.69, 9.17) is 22.1 Å². The quantitative estimate of drug-likeness (QED) is 0.851. The van der Waals surface area contributed by atoms with Gasteiger partial charge in [-0.3, -0.25) is 0 Å². The van der Waals surface area contributed by atoms with E-state index in [0.29, 0.717) is 12.5 Å². The molecule has 0 amide bonds. The predicted molar refractivity (Wildman–Crippen MR) is 78.6 cm³/mol. The number of ether oxygens (including phenoxy) is 1. The second-order valence-corrected chi connectivity index (χ2v) is 5.31. The van der Waals surface area contributed by atoms with Crippen molar-refractivity contribution in [2.75, 3.05) is 13.2 Å². The SMILES string of the molecule is CCOc1cc(C)c(Cl)c(C)c1CC(C)CCN. The van der Waals surface area contributed by atoms with Crippen molar-refractivity contribution in [1.82, 2.24) is 0 Å². The molecule has 18 heavy (non-hydrogen) atoms. The fraction of sp³-hybridized carbons (Fsp3) is 0.600. The monoisotopic (exact) mass is 269 g/mol. The Balaban J connectivity index is 3.09. The Kier molecular flexibility index (Phi) is 5.97. The van der Waals surface area contributed by atoms with Gasteiger partial charge in [0.05, 0.1) is 6.61 Å². The predicted octanol–water partition coefficient (Wildman–Crippen LogP) is 3.88. The number of halogens is 1. The van der Waals surface area contributed by atoms with Gasteiger partial charge in [-0.25, -0.2) is 0 Å². The van der Waals surface area contributed by atoms with E-state index in [1.54, 1.807) is 0 Å². The van der Waals surface area contributed by atoms with Crippen LogP contribution in [0.15, 0.2) is 6.07 Å². The van der Waals surface area contributed by atoms with Gasteiger partial charge in [-0.15, -0.1) is 0 Å².